The van der Waals surface area contributed by atoms with Gasteiger partial charge >= 0.3 is 0 Å². The van der Waals surface area contributed by atoms with E-state index in [-0.39, 0.29) is 6.61 Å². The van der Waals surface area contributed by atoms with Crippen LogP contribution in [0.5, 0.6) is 23.0 Å². The van der Waals surface area contributed by atoms with E-state index in [9.17, 15) is 5.11 Å². The van der Waals surface area contributed by atoms with Gasteiger partial charge in [-0.25, -0.2) is 0 Å². The normalized spacial score (nSPS) is 11.8. The van der Waals surface area contributed by atoms with Gasteiger partial charge in [-0.05, 0) is 96.3 Å². The Bertz CT molecular complexity index is 1920. The maximum absolute atomic E-state index is 9.97. The van der Waals surface area contributed by atoms with Gasteiger partial charge in [-0.15, -0.1) is 0 Å². The predicted octanol–water partition coefficient (Wildman–Crippen LogP) is 8.57. The Morgan fingerprint density at radius 3 is 1.96 bits per heavy atom. The first-order chi connectivity index (χ1) is 23.5. The van der Waals surface area contributed by atoms with E-state index in [0.717, 1.165) is 55.9 Å². The summed E-state index contributed by atoms with van der Waals surface area (Å²) in [5.41, 5.74) is 7.73. The molecule has 1 unspecified atom stereocenters. The molecular formula is C41H41NO6. The zero-order valence-corrected chi connectivity index (χ0v) is 27.6. The van der Waals surface area contributed by atoms with Gasteiger partial charge in [-0.3, -0.25) is 0 Å². The van der Waals surface area contributed by atoms with Crippen LogP contribution in [0.25, 0.3) is 22.2 Å². The molecule has 1 atom stereocenters. The first-order valence-electron chi connectivity index (χ1n) is 16.2. The second kappa shape index (κ2) is 15.6. The van der Waals surface area contributed by atoms with Gasteiger partial charge in [0.25, 0.3) is 0 Å². The molecule has 0 aliphatic carbocycles. The first kappa shape index (κ1) is 32.7. The zero-order valence-electron chi connectivity index (χ0n) is 27.6. The van der Waals surface area contributed by atoms with E-state index < -0.39 is 6.29 Å². The molecule has 6 rings (SSSR count). The van der Waals surface area contributed by atoms with E-state index in [2.05, 4.69) is 60.0 Å². The second-order valence-electron chi connectivity index (χ2n) is 11.5. The fourth-order valence-electron chi connectivity index (χ4n) is 5.83. The molecule has 0 saturated carbocycles. The van der Waals surface area contributed by atoms with Crippen molar-refractivity contribution in [1.82, 2.24) is 4.57 Å². The summed E-state index contributed by atoms with van der Waals surface area (Å²) in [6.45, 7) is 6.00. The minimum absolute atomic E-state index is 0.00879. The topological polar surface area (TPSA) is 71.3 Å². The number of ether oxygens (including phenoxy) is 5. The summed E-state index contributed by atoms with van der Waals surface area (Å²) in [6.07, 6.45) is -1.01. The van der Waals surface area contributed by atoms with Crippen LogP contribution >= 0.6 is 0 Å². The fourth-order valence-corrected chi connectivity index (χ4v) is 5.83. The molecule has 0 spiro atoms. The van der Waals surface area contributed by atoms with Gasteiger partial charge in [-0.1, -0.05) is 66.7 Å². The van der Waals surface area contributed by atoms with Gasteiger partial charge in [0, 0.05) is 24.1 Å². The molecule has 0 radical (unpaired) electrons. The first-order valence-corrected chi connectivity index (χ1v) is 16.2. The van der Waals surface area contributed by atoms with Crippen LogP contribution in [0.15, 0.2) is 121 Å². The standard InChI is InChI=1S/C41H41NO6/c1-4-45-40(43)28-48-38-22-15-32(23-39(38)44-3)25-42-37-21-20-35(47-27-31-13-9-6-10-14-31)24-36(37)29(2)41(42)33-16-18-34(19-17-33)46-26-30-11-7-5-8-12-30/h5-24,40,43H,4,25-28H2,1-3H3. The number of fused-ring (bicyclic) bond motifs is 1. The SMILES string of the molecule is CCOC(O)COc1ccc(Cn2c(-c3ccc(OCc4ccccc4)cc3)c(C)c3cc(OCc4ccccc4)ccc32)cc1OC. The van der Waals surface area contributed by atoms with Gasteiger partial charge in [0.2, 0.25) is 0 Å². The Morgan fingerprint density at radius 2 is 1.31 bits per heavy atom. The van der Waals surface area contributed by atoms with Crippen LogP contribution in [-0.4, -0.2) is 36.3 Å². The van der Waals surface area contributed by atoms with Crippen molar-refractivity contribution >= 4 is 10.9 Å². The van der Waals surface area contributed by atoms with Crippen LogP contribution in [-0.2, 0) is 24.5 Å². The summed E-state index contributed by atoms with van der Waals surface area (Å²) in [5.74, 6) is 2.76. The molecule has 0 amide bonds. The second-order valence-corrected chi connectivity index (χ2v) is 11.5. The minimum Gasteiger partial charge on any atom is -0.493 e. The lowest BCUT2D eigenvalue weighted by Crippen LogP contribution is -2.21. The van der Waals surface area contributed by atoms with E-state index in [4.69, 9.17) is 23.7 Å². The number of benzene rings is 5. The average molecular weight is 644 g/mol. The van der Waals surface area contributed by atoms with Crippen molar-refractivity contribution in [2.24, 2.45) is 0 Å². The molecule has 6 aromatic rings. The molecule has 0 saturated heterocycles. The highest BCUT2D eigenvalue weighted by Crippen LogP contribution is 2.37. The number of hydrogen-bond acceptors (Lipinski definition) is 6. The Morgan fingerprint density at radius 1 is 0.667 bits per heavy atom. The molecule has 7 nitrogen and oxygen atoms in total. The van der Waals surface area contributed by atoms with E-state index >= 15 is 0 Å². The number of rotatable bonds is 15. The average Bonchev–Trinajstić information content (AvgIpc) is 3.40. The summed E-state index contributed by atoms with van der Waals surface area (Å²) >= 11 is 0. The van der Waals surface area contributed by atoms with Crippen molar-refractivity contribution in [2.45, 2.75) is 39.9 Å². The zero-order chi connectivity index (χ0) is 33.3. The third kappa shape index (κ3) is 7.82. The monoisotopic (exact) mass is 643 g/mol. The van der Waals surface area contributed by atoms with Crippen molar-refractivity contribution in [3.63, 3.8) is 0 Å². The highest BCUT2D eigenvalue weighted by atomic mass is 16.6. The molecule has 0 aliphatic heterocycles. The van der Waals surface area contributed by atoms with Gasteiger partial charge in [0.05, 0.1) is 12.8 Å². The number of aliphatic hydroxyl groups is 1. The van der Waals surface area contributed by atoms with Crippen molar-refractivity contribution < 1.29 is 28.8 Å². The third-order valence-corrected chi connectivity index (χ3v) is 8.22. The third-order valence-electron chi connectivity index (χ3n) is 8.22. The van der Waals surface area contributed by atoms with Crippen LogP contribution < -0.4 is 18.9 Å². The summed E-state index contributed by atoms with van der Waals surface area (Å²) in [7, 11) is 1.62. The van der Waals surface area contributed by atoms with Gasteiger partial charge in [0.15, 0.2) is 17.8 Å². The number of hydrogen-bond donors (Lipinski definition) is 1. The number of aromatic nitrogens is 1. The van der Waals surface area contributed by atoms with Gasteiger partial charge < -0.3 is 33.4 Å². The maximum Gasteiger partial charge on any atom is 0.189 e. The number of methoxy groups -OCH3 is 1. The Balaban J connectivity index is 1.32. The molecular weight excluding hydrogens is 602 g/mol. The van der Waals surface area contributed by atoms with Crippen LogP contribution in [0.3, 0.4) is 0 Å². The molecule has 0 bridgehead atoms. The summed E-state index contributed by atoms with van der Waals surface area (Å²) in [4.78, 5) is 0. The van der Waals surface area contributed by atoms with E-state index in [1.807, 2.05) is 79.7 Å². The smallest absolute Gasteiger partial charge is 0.189 e. The molecule has 1 aromatic heterocycles. The largest absolute Gasteiger partial charge is 0.493 e. The fraction of sp³-hybridized carbons (Fsp3) is 0.220. The lowest BCUT2D eigenvalue weighted by molar-refractivity contribution is -0.115. The Hall–Kier alpha value is -5.24. The van der Waals surface area contributed by atoms with E-state index in [0.29, 0.717) is 37.9 Å². The molecule has 1 heterocycles. The summed E-state index contributed by atoms with van der Waals surface area (Å²) in [6, 6.07) is 40.8. The summed E-state index contributed by atoms with van der Waals surface area (Å²) in [5, 5.41) is 11.1. The van der Waals surface area contributed by atoms with Crippen LogP contribution in [0, 0.1) is 6.92 Å². The van der Waals surface area contributed by atoms with Crippen LogP contribution in [0.2, 0.25) is 0 Å². The summed E-state index contributed by atoms with van der Waals surface area (Å²) < 4.78 is 31.3. The number of nitrogens with zero attached hydrogens (tertiary/aromatic N) is 1. The van der Waals surface area contributed by atoms with Crippen LogP contribution in [0.4, 0.5) is 0 Å². The maximum atomic E-state index is 9.97. The molecule has 1 N–H and O–H groups in total. The molecule has 0 fully saturated rings. The van der Waals surface area contributed by atoms with E-state index in [1.165, 1.54) is 0 Å². The Labute approximate surface area is 281 Å². The van der Waals surface area contributed by atoms with E-state index in [1.54, 1.807) is 7.11 Å². The predicted molar refractivity (Wildman–Crippen MR) is 189 cm³/mol. The highest BCUT2D eigenvalue weighted by Gasteiger charge is 2.18. The number of aryl methyl sites for hydroxylation is 1. The molecule has 5 aromatic carbocycles. The number of aliphatic hydroxyl groups excluding tert-OH is 1. The van der Waals surface area contributed by atoms with Crippen molar-refractivity contribution in [3.8, 4) is 34.3 Å². The van der Waals surface area contributed by atoms with Crippen molar-refractivity contribution in [2.75, 3.05) is 20.3 Å². The lowest BCUT2D eigenvalue weighted by atomic mass is 10.1. The highest BCUT2D eigenvalue weighted by molar-refractivity contribution is 5.92. The van der Waals surface area contributed by atoms with Gasteiger partial charge in [-0.2, -0.15) is 0 Å². The van der Waals surface area contributed by atoms with Crippen molar-refractivity contribution in [1.29, 1.82) is 0 Å². The van der Waals surface area contributed by atoms with Crippen molar-refractivity contribution in [3.05, 3.63) is 144 Å². The minimum atomic E-state index is -1.01. The Kier molecular flexibility index (Phi) is 10.6. The molecule has 7 heteroatoms. The molecule has 246 valence electrons. The molecule has 0 aliphatic rings. The van der Waals surface area contributed by atoms with Gasteiger partial charge in [0.1, 0.15) is 31.3 Å². The lowest BCUT2D eigenvalue weighted by Gasteiger charge is -2.17. The molecule has 48 heavy (non-hydrogen) atoms. The van der Waals surface area contributed by atoms with Crippen LogP contribution in [0.1, 0.15) is 29.2 Å². The quantitative estimate of drug-likeness (QED) is 0.113.